The molecular formula is C20H21N3O2S. The third-order valence-corrected chi connectivity index (χ3v) is 5.72. The third-order valence-electron chi connectivity index (χ3n) is 4.86. The van der Waals surface area contributed by atoms with Gasteiger partial charge in [0.2, 0.25) is 0 Å². The van der Waals surface area contributed by atoms with Crippen LogP contribution in [0, 0.1) is 6.92 Å². The first kappa shape index (κ1) is 17.0. The van der Waals surface area contributed by atoms with Crippen LogP contribution in [0.5, 0.6) is 0 Å². The largest absolute Gasteiger partial charge is 0.335 e. The van der Waals surface area contributed by atoms with Gasteiger partial charge in [0.05, 0.1) is 4.88 Å². The van der Waals surface area contributed by atoms with Gasteiger partial charge in [0.1, 0.15) is 0 Å². The summed E-state index contributed by atoms with van der Waals surface area (Å²) >= 11 is 1.48. The summed E-state index contributed by atoms with van der Waals surface area (Å²) in [5, 5.41) is 2.98. The van der Waals surface area contributed by atoms with Gasteiger partial charge in [0, 0.05) is 43.8 Å². The number of fused-ring (bicyclic) bond motifs is 1. The van der Waals surface area contributed by atoms with Crippen molar-refractivity contribution in [2.75, 3.05) is 26.2 Å². The number of thiophene rings is 1. The van der Waals surface area contributed by atoms with Gasteiger partial charge < -0.3 is 9.88 Å². The molecule has 1 fully saturated rings. The van der Waals surface area contributed by atoms with Crippen LogP contribution in [0.2, 0.25) is 0 Å². The fourth-order valence-electron chi connectivity index (χ4n) is 3.38. The Bertz CT molecular complexity index is 986. The van der Waals surface area contributed by atoms with E-state index in [9.17, 15) is 9.59 Å². The summed E-state index contributed by atoms with van der Waals surface area (Å²) in [4.78, 5) is 32.7. The molecule has 0 saturated carbocycles. The first-order chi connectivity index (χ1) is 12.6. The highest BCUT2D eigenvalue weighted by atomic mass is 32.1. The van der Waals surface area contributed by atoms with Gasteiger partial charge in [-0.1, -0.05) is 18.2 Å². The fourth-order valence-corrected chi connectivity index (χ4v) is 4.07. The van der Waals surface area contributed by atoms with Crippen molar-refractivity contribution in [1.82, 2.24) is 14.8 Å². The minimum Gasteiger partial charge on any atom is -0.335 e. The molecule has 134 valence electrons. The third kappa shape index (κ3) is 3.43. The number of nitrogens with one attached hydrogen (secondary N) is 1. The smallest absolute Gasteiger partial charge is 0.264 e. The molecule has 0 atom stereocenters. The first-order valence-electron chi connectivity index (χ1n) is 8.78. The predicted molar refractivity (Wildman–Crippen MR) is 105 cm³/mol. The van der Waals surface area contributed by atoms with Gasteiger partial charge in [-0.05, 0) is 41.5 Å². The van der Waals surface area contributed by atoms with E-state index >= 15 is 0 Å². The van der Waals surface area contributed by atoms with Crippen LogP contribution in [0.1, 0.15) is 20.8 Å². The Balaban J connectivity index is 1.44. The monoisotopic (exact) mass is 367 g/mol. The number of amides is 1. The molecule has 1 saturated heterocycles. The maximum absolute atomic E-state index is 12.4. The van der Waals surface area contributed by atoms with Crippen LogP contribution in [-0.4, -0.2) is 46.9 Å². The number of hydrogen-bond acceptors (Lipinski definition) is 4. The summed E-state index contributed by atoms with van der Waals surface area (Å²) in [6.45, 7) is 5.58. The second-order valence-electron chi connectivity index (χ2n) is 6.76. The van der Waals surface area contributed by atoms with Crippen molar-refractivity contribution in [3.63, 3.8) is 0 Å². The lowest BCUT2D eigenvalue weighted by atomic mass is 10.1. The summed E-state index contributed by atoms with van der Waals surface area (Å²) < 4.78 is 0. The van der Waals surface area contributed by atoms with Crippen LogP contribution in [0.3, 0.4) is 0 Å². The summed E-state index contributed by atoms with van der Waals surface area (Å²) in [7, 11) is 0. The lowest BCUT2D eigenvalue weighted by Gasteiger charge is -2.34. The summed E-state index contributed by atoms with van der Waals surface area (Å²) in [6.07, 6.45) is 0. The van der Waals surface area contributed by atoms with Crippen molar-refractivity contribution < 1.29 is 4.79 Å². The first-order valence-corrected chi connectivity index (χ1v) is 9.66. The van der Waals surface area contributed by atoms with Gasteiger partial charge in [-0.2, -0.15) is 0 Å². The summed E-state index contributed by atoms with van der Waals surface area (Å²) in [5.41, 5.74) is 2.76. The number of piperazine rings is 1. The predicted octanol–water partition coefficient (Wildman–Crippen LogP) is 2.86. The van der Waals surface area contributed by atoms with Crippen LogP contribution >= 0.6 is 11.3 Å². The number of aromatic amines is 1. The number of pyridine rings is 1. The molecule has 0 bridgehead atoms. The van der Waals surface area contributed by atoms with Crippen LogP contribution in [0.15, 0.2) is 46.6 Å². The van der Waals surface area contributed by atoms with Gasteiger partial charge in [-0.25, -0.2) is 0 Å². The number of aryl methyl sites for hydroxylation is 1. The molecule has 0 unspecified atom stereocenters. The Kier molecular flexibility index (Phi) is 4.61. The van der Waals surface area contributed by atoms with E-state index < -0.39 is 0 Å². The number of hydrogen-bond donors (Lipinski definition) is 1. The van der Waals surface area contributed by atoms with E-state index in [1.165, 1.54) is 11.3 Å². The lowest BCUT2D eigenvalue weighted by Crippen LogP contribution is -2.48. The van der Waals surface area contributed by atoms with Gasteiger partial charge in [0.25, 0.3) is 11.5 Å². The van der Waals surface area contributed by atoms with E-state index in [2.05, 4.69) is 16.0 Å². The Morgan fingerprint density at radius 3 is 2.69 bits per heavy atom. The SMILES string of the molecule is Cc1ccc2cc(CN3CCN(C(=O)c4cccs4)CC3)c(=O)[nH]c2c1. The molecule has 0 spiro atoms. The molecule has 1 amide bonds. The average molecular weight is 367 g/mol. The van der Waals surface area contributed by atoms with E-state index in [4.69, 9.17) is 0 Å². The van der Waals surface area contributed by atoms with Crippen LogP contribution in [0.25, 0.3) is 10.9 Å². The second kappa shape index (κ2) is 7.05. The van der Waals surface area contributed by atoms with E-state index in [1.807, 2.05) is 47.5 Å². The van der Waals surface area contributed by atoms with Crippen molar-refractivity contribution >= 4 is 28.1 Å². The molecular weight excluding hydrogens is 346 g/mol. The standard InChI is InChI=1S/C20H21N3O2S/c1-14-4-5-15-12-16(19(24)21-17(15)11-14)13-22-6-8-23(9-7-22)20(25)18-3-2-10-26-18/h2-5,10-12H,6-9,13H2,1H3,(H,21,24). The number of benzene rings is 1. The average Bonchev–Trinajstić information content (AvgIpc) is 3.17. The Morgan fingerprint density at radius 2 is 1.96 bits per heavy atom. The topological polar surface area (TPSA) is 56.4 Å². The van der Waals surface area contributed by atoms with Crippen molar-refractivity contribution in [2.45, 2.75) is 13.5 Å². The molecule has 26 heavy (non-hydrogen) atoms. The molecule has 5 nitrogen and oxygen atoms in total. The van der Waals surface area contributed by atoms with Gasteiger partial charge in [-0.3, -0.25) is 14.5 Å². The minimum absolute atomic E-state index is 0.0276. The quantitative estimate of drug-likeness (QED) is 0.774. The van der Waals surface area contributed by atoms with Gasteiger partial charge >= 0.3 is 0 Å². The molecule has 4 rings (SSSR count). The van der Waals surface area contributed by atoms with Gasteiger partial charge in [0.15, 0.2) is 0 Å². The maximum Gasteiger partial charge on any atom is 0.264 e. The summed E-state index contributed by atoms with van der Waals surface area (Å²) in [5.74, 6) is 0.110. The van der Waals surface area contributed by atoms with Crippen molar-refractivity contribution in [3.05, 3.63) is 68.1 Å². The minimum atomic E-state index is -0.0276. The molecule has 1 N–H and O–H groups in total. The highest BCUT2D eigenvalue weighted by Crippen LogP contribution is 2.16. The molecule has 2 aromatic heterocycles. The number of nitrogens with zero attached hydrogens (tertiary/aromatic N) is 2. The zero-order chi connectivity index (χ0) is 18.1. The fraction of sp³-hybridized carbons (Fsp3) is 0.300. The van der Waals surface area contributed by atoms with Crippen LogP contribution < -0.4 is 5.56 Å². The normalized spacial score (nSPS) is 15.5. The summed E-state index contributed by atoms with van der Waals surface area (Å²) in [6, 6.07) is 11.9. The van der Waals surface area contributed by atoms with Crippen molar-refractivity contribution in [1.29, 1.82) is 0 Å². The molecule has 1 aromatic carbocycles. The van der Waals surface area contributed by atoms with E-state index in [-0.39, 0.29) is 11.5 Å². The van der Waals surface area contributed by atoms with Gasteiger partial charge in [-0.15, -0.1) is 11.3 Å². The number of carbonyl (C=O) groups excluding carboxylic acids is 1. The Labute approximate surface area is 155 Å². The zero-order valence-electron chi connectivity index (χ0n) is 14.7. The number of rotatable bonds is 3. The molecule has 1 aliphatic rings. The molecule has 0 radical (unpaired) electrons. The van der Waals surface area contributed by atoms with E-state index in [0.717, 1.165) is 40.0 Å². The maximum atomic E-state index is 12.4. The van der Waals surface area contributed by atoms with E-state index in [1.54, 1.807) is 0 Å². The zero-order valence-corrected chi connectivity index (χ0v) is 15.5. The lowest BCUT2D eigenvalue weighted by molar-refractivity contribution is 0.0633. The number of carbonyl (C=O) groups is 1. The number of H-pyrrole nitrogens is 1. The molecule has 0 aliphatic carbocycles. The van der Waals surface area contributed by atoms with Crippen LogP contribution in [0.4, 0.5) is 0 Å². The highest BCUT2D eigenvalue weighted by Gasteiger charge is 2.23. The highest BCUT2D eigenvalue weighted by molar-refractivity contribution is 7.12. The Hall–Kier alpha value is -2.44. The van der Waals surface area contributed by atoms with Crippen molar-refractivity contribution in [2.24, 2.45) is 0 Å². The number of aromatic nitrogens is 1. The second-order valence-corrected chi connectivity index (χ2v) is 7.71. The Morgan fingerprint density at radius 1 is 1.15 bits per heavy atom. The van der Waals surface area contributed by atoms with Crippen LogP contribution in [-0.2, 0) is 6.54 Å². The van der Waals surface area contributed by atoms with E-state index in [0.29, 0.717) is 19.6 Å². The molecule has 3 heterocycles. The molecule has 1 aliphatic heterocycles. The molecule has 6 heteroatoms. The van der Waals surface area contributed by atoms with Crippen molar-refractivity contribution in [3.8, 4) is 0 Å². The molecule has 3 aromatic rings.